The molecule has 0 bridgehead atoms. The van der Waals surface area contributed by atoms with Crippen molar-refractivity contribution in [1.82, 2.24) is 73.8 Å². The number of ether oxygens (including phenoxy) is 6. The van der Waals surface area contributed by atoms with Gasteiger partial charge in [-0.3, -0.25) is 0 Å². The molecule has 0 rings (SSSR count). The third-order valence-electron chi connectivity index (χ3n) is 1.05. The summed E-state index contributed by atoms with van der Waals surface area (Å²) in [6.07, 6.45) is -9.83. The largest absolute Gasteiger partial charge is 0.514 e. The van der Waals surface area contributed by atoms with E-state index < -0.39 is 68.7 Å². The summed E-state index contributed by atoms with van der Waals surface area (Å²) in [5, 5.41) is 38.8. The summed E-state index contributed by atoms with van der Waals surface area (Å²) in [6.45, 7) is 0. The van der Waals surface area contributed by atoms with E-state index in [2.05, 4.69) is 104 Å². The lowest BCUT2D eigenvalue weighted by Crippen LogP contribution is -2.00. The van der Waals surface area contributed by atoms with Gasteiger partial charge in [0.05, 0.1) is 0 Å². The van der Waals surface area contributed by atoms with Crippen LogP contribution in [0.3, 0.4) is 0 Å². The number of hydrogen-bond donors (Lipinski definition) is 24. The van der Waals surface area contributed by atoms with Gasteiger partial charge in [-0.1, -0.05) is 75.8 Å². The van der Waals surface area contributed by atoms with E-state index >= 15 is 0 Å². The highest BCUT2D eigenvalue weighted by Crippen LogP contribution is 1.87. The fourth-order valence-electron chi connectivity index (χ4n) is 0.448. The molecule has 0 saturated heterocycles. The van der Waals surface area contributed by atoms with Gasteiger partial charge in [0.15, 0.2) is 0 Å². The molecule has 54 heavy (non-hydrogen) atoms. The zero-order chi connectivity index (χ0) is 35.2. The van der Waals surface area contributed by atoms with E-state index in [0.29, 0.717) is 0 Å². The van der Waals surface area contributed by atoms with E-state index in [0.717, 1.165) is 0 Å². The minimum absolute atomic E-state index is 0. The molecule has 0 fully saturated rings. The van der Waals surface area contributed by atoms with Gasteiger partial charge in [0.1, 0.15) is 0 Å². The first-order valence-corrected chi connectivity index (χ1v) is 10.3. The highest BCUT2D eigenvalue weighted by Gasteiger charge is 2.01. The first-order valence-electron chi connectivity index (χ1n) is 7.58. The van der Waals surface area contributed by atoms with Gasteiger partial charge in [-0.2, -0.15) is 0 Å². The molecule has 0 amide bonds. The van der Waals surface area contributed by atoms with Gasteiger partial charge in [0.2, 0.25) is 0 Å². The summed E-state index contributed by atoms with van der Waals surface area (Å²) in [5.74, 6) is 0. The predicted octanol–water partition coefficient (Wildman–Crippen LogP) is 6.33. The normalized spacial score (nSPS) is 5.89. The summed E-state index contributed by atoms with van der Waals surface area (Å²) in [6, 6.07) is 0. The van der Waals surface area contributed by atoms with Crippen LogP contribution in [0.4, 0.5) is 57.5 Å². The highest BCUT2D eigenvalue weighted by atomic mass is 32.1. The van der Waals surface area contributed by atoms with Crippen LogP contribution < -0.4 is 73.8 Å². The monoisotopic (exact) mass is 936 g/mol. The Hall–Kier alpha value is -4.74. The standard InChI is InChI=1S/6C2H2O4S.12H3N/c6*3-1(4)6-2(5)7;;;;;;;;;;;;/h6*(H,3,4)(H,5,7);12*1H3. The highest BCUT2D eigenvalue weighted by molar-refractivity contribution is 7.97. The second kappa shape index (κ2) is 77.6. The Labute approximate surface area is 334 Å². The van der Waals surface area contributed by atoms with Crippen molar-refractivity contribution in [2.24, 2.45) is 0 Å². The SMILES string of the molecule is N.N.N.N.N.N.N.N.N.N.N.N.O=C(O)OC(=O)S.O=C(O)OC(=O)S.O=C(O)OC(=O)S.O=C(O)OC(=O)S.O=C(O)OC(=O)S.O=C(O)OC(=O)S. The molecule has 42 heteroatoms. The summed E-state index contributed by atoms with van der Waals surface area (Å²) >= 11 is 18.0. The molecule has 36 nitrogen and oxygen atoms in total. The van der Waals surface area contributed by atoms with Crippen LogP contribution in [0.15, 0.2) is 0 Å². The molecule has 0 spiro atoms. The number of hydrogen-bond acceptors (Lipinski definition) is 30. The van der Waals surface area contributed by atoms with E-state index in [1.165, 1.54) is 0 Å². The van der Waals surface area contributed by atoms with E-state index in [-0.39, 0.29) is 73.8 Å². The number of thiol groups is 6. The van der Waals surface area contributed by atoms with Crippen molar-refractivity contribution < 1.29 is 117 Å². The molecule has 0 aliphatic heterocycles. The topological polar surface area (TPSA) is 802 Å². The molecular weight excluding hydrogens is 889 g/mol. The summed E-state index contributed by atoms with van der Waals surface area (Å²) in [5.41, 5.74) is 0. The van der Waals surface area contributed by atoms with Crippen LogP contribution in [0.1, 0.15) is 0 Å². The number of carboxylic acid groups (broad SMARTS) is 6. The minimum Gasteiger partial charge on any atom is -0.449 e. The minimum atomic E-state index is -1.64. The molecule has 0 aliphatic carbocycles. The van der Waals surface area contributed by atoms with Crippen LogP contribution in [0.5, 0.6) is 0 Å². The van der Waals surface area contributed by atoms with E-state index in [1.807, 2.05) is 0 Å². The summed E-state index contributed by atoms with van der Waals surface area (Å²) < 4.78 is 20.4. The molecular formula is C12H48N12O24S6. The van der Waals surface area contributed by atoms with Gasteiger partial charge in [0.25, 0.3) is 0 Å². The fraction of sp³-hybridized carbons (Fsp3) is 0. The molecule has 0 aromatic carbocycles. The Morgan fingerprint density at radius 2 is 0.278 bits per heavy atom. The van der Waals surface area contributed by atoms with Gasteiger partial charge < -0.3 is 133 Å². The zero-order valence-corrected chi connectivity index (χ0v) is 32.6. The average molecular weight is 937 g/mol. The Kier molecular flexibility index (Phi) is 169. The van der Waals surface area contributed by atoms with Gasteiger partial charge in [0, 0.05) is 0 Å². The maximum Gasteiger partial charge on any atom is 0.514 e. The van der Waals surface area contributed by atoms with Crippen molar-refractivity contribution in [3.63, 3.8) is 0 Å². The van der Waals surface area contributed by atoms with Crippen molar-refractivity contribution in [3.8, 4) is 0 Å². The van der Waals surface area contributed by atoms with Crippen LogP contribution in [0, 0.1) is 0 Å². The van der Waals surface area contributed by atoms with Crippen molar-refractivity contribution in [2.45, 2.75) is 0 Å². The molecule has 0 radical (unpaired) electrons. The van der Waals surface area contributed by atoms with Crippen LogP contribution in [0.2, 0.25) is 0 Å². The van der Waals surface area contributed by atoms with Crippen LogP contribution >= 0.6 is 75.8 Å². The Bertz CT molecular complexity index is 758. The molecule has 0 aliphatic rings. The van der Waals surface area contributed by atoms with Crippen LogP contribution in [-0.4, -0.2) is 99.4 Å². The van der Waals surface area contributed by atoms with Crippen LogP contribution in [-0.2, 0) is 28.4 Å². The summed E-state index contributed by atoms with van der Waals surface area (Å²) in [7, 11) is 0. The second-order valence-electron chi connectivity index (χ2n) is 3.80. The first kappa shape index (κ1) is 117. The molecule has 336 valence electrons. The zero-order valence-electron chi connectivity index (χ0n) is 27.2. The van der Waals surface area contributed by atoms with Crippen molar-refractivity contribution in [3.05, 3.63) is 0 Å². The van der Waals surface area contributed by atoms with Gasteiger partial charge in [-0.15, -0.1) is 0 Å². The molecule has 42 N–H and O–H groups in total. The lowest BCUT2D eigenvalue weighted by Gasteiger charge is -1.84. The van der Waals surface area contributed by atoms with Gasteiger partial charge in [-0.05, 0) is 0 Å². The van der Waals surface area contributed by atoms with Gasteiger partial charge >= 0.3 is 68.7 Å². The third-order valence-corrected chi connectivity index (χ3v) is 1.60. The first-order chi connectivity index (χ1) is 18.8. The summed E-state index contributed by atoms with van der Waals surface area (Å²) in [4.78, 5) is 113. The molecule has 0 atom stereocenters. The second-order valence-corrected chi connectivity index (χ2v) is 5.99. The van der Waals surface area contributed by atoms with Gasteiger partial charge in [-0.25, -0.2) is 57.5 Å². The molecule has 0 aromatic heterocycles. The predicted molar refractivity (Wildman–Crippen MR) is 201 cm³/mol. The van der Waals surface area contributed by atoms with Crippen LogP contribution in [0.25, 0.3) is 0 Å². The van der Waals surface area contributed by atoms with Crippen molar-refractivity contribution in [2.75, 3.05) is 0 Å². The maximum atomic E-state index is 9.52. The lowest BCUT2D eigenvalue weighted by molar-refractivity contribution is 0.120. The van der Waals surface area contributed by atoms with Crippen molar-refractivity contribution in [1.29, 1.82) is 0 Å². The van der Waals surface area contributed by atoms with E-state index in [1.54, 1.807) is 0 Å². The maximum absolute atomic E-state index is 9.52. The van der Waals surface area contributed by atoms with E-state index in [4.69, 9.17) is 30.6 Å². The average Bonchev–Trinajstić information content (AvgIpc) is 2.63. The Morgan fingerprint density at radius 1 is 0.222 bits per heavy atom. The smallest absolute Gasteiger partial charge is 0.449 e. The lowest BCUT2D eigenvalue weighted by atomic mass is 11.3. The van der Waals surface area contributed by atoms with Crippen molar-refractivity contribution >= 4 is 145 Å². The Morgan fingerprint density at radius 3 is 0.278 bits per heavy atom. The molecule has 0 aromatic rings. The molecule has 0 unspecified atom stereocenters. The Balaban J connectivity index is -0.0000000172. The molecule has 0 heterocycles. The quantitative estimate of drug-likeness (QED) is 0.0546. The van der Waals surface area contributed by atoms with E-state index in [9.17, 15) is 57.5 Å². The number of carbonyl (C=O) groups excluding carboxylic acids is 6. The number of carbonyl (C=O) groups is 12. The molecule has 0 saturated carbocycles. The third kappa shape index (κ3) is 273. The number of rotatable bonds is 0. The fourth-order valence-corrected chi connectivity index (χ4v) is 0.917.